The quantitative estimate of drug-likeness (QED) is 0.738. The molecule has 1 unspecified atom stereocenters. The van der Waals surface area contributed by atoms with Crippen LogP contribution in [-0.4, -0.2) is 7.05 Å². The fraction of sp³-hybridized carbons (Fsp3) is 0.250. The molecular weight excluding hydrogens is 322 g/mol. The van der Waals surface area contributed by atoms with E-state index in [-0.39, 0.29) is 5.63 Å². The largest absolute Gasteiger partial charge is 0.423 e. The second kappa shape index (κ2) is 6.80. The zero-order chi connectivity index (χ0) is 17.3. The van der Waals surface area contributed by atoms with Gasteiger partial charge in [0.2, 0.25) is 0 Å². The van der Waals surface area contributed by atoms with Crippen molar-refractivity contribution in [2.45, 2.75) is 26.9 Å². The van der Waals surface area contributed by atoms with Crippen molar-refractivity contribution >= 4 is 22.6 Å². The number of aryl methyl sites for hydroxylation is 2. The summed E-state index contributed by atoms with van der Waals surface area (Å²) < 4.78 is 5.37. The van der Waals surface area contributed by atoms with Crippen LogP contribution in [-0.2, 0) is 13.1 Å². The SMILES string of the molecule is Cc1cc2oc(=O)cc(C[NH+](C)Cc3ccccc3Cl)c2cc1C. The number of nitrogens with one attached hydrogen (secondary N) is 1. The smallest absolute Gasteiger partial charge is 0.336 e. The van der Waals surface area contributed by atoms with E-state index < -0.39 is 0 Å². The van der Waals surface area contributed by atoms with Gasteiger partial charge in [-0.15, -0.1) is 0 Å². The first-order valence-electron chi connectivity index (χ1n) is 8.02. The lowest BCUT2D eigenvalue weighted by Crippen LogP contribution is -3.06. The lowest BCUT2D eigenvalue weighted by atomic mass is 10.0. The normalized spacial score (nSPS) is 12.5. The van der Waals surface area contributed by atoms with E-state index in [1.54, 1.807) is 6.07 Å². The highest BCUT2D eigenvalue weighted by Gasteiger charge is 2.13. The Morgan fingerprint density at radius 2 is 1.67 bits per heavy atom. The zero-order valence-electron chi connectivity index (χ0n) is 14.2. The summed E-state index contributed by atoms with van der Waals surface area (Å²) in [6.07, 6.45) is 0. The first kappa shape index (κ1) is 16.7. The minimum Gasteiger partial charge on any atom is -0.423 e. The molecule has 0 aliphatic rings. The number of quaternary nitrogens is 1. The van der Waals surface area contributed by atoms with Crippen molar-refractivity contribution in [3.8, 4) is 0 Å². The molecule has 2 aromatic carbocycles. The number of halogens is 1. The van der Waals surface area contributed by atoms with Gasteiger partial charge in [-0.2, -0.15) is 0 Å². The van der Waals surface area contributed by atoms with Crippen LogP contribution in [0.2, 0.25) is 5.02 Å². The summed E-state index contributed by atoms with van der Waals surface area (Å²) >= 11 is 6.25. The molecule has 0 radical (unpaired) electrons. The summed E-state index contributed by atoms with van der Waals surface area (Å²) in [4.78, 5) is 13.2. The molecule has 4 heteroatoms. The Bertz CT molecular complexity index is 946. The molecular formula is C20H21ClNO2+. The van der Waals surface area contributed by atoms with Gasteiger partial charge in [0.15, 0.2) is 0 Å². The van der Waals surface area contributed by atoms with Crippen LogP contribution in [0.1, 0.15) is 22.3 Å². The van der Waals surface area contributed by atoms with Gasteiger partial charge in [-0.05, 0) is 43.2 Å². The topological polar surface area (TPSA) is 34.6 Å². The third kappa shape index (κ3) is 3.53. The standard InChI is InChI=1S/C20H20ClNO2/c1-13-8-17-16(10-20(23)24-19(17)9-14(13)2)12-22(3)11-15-6-4-5-7-18(15)21/h4-10H,11-12H2,1-3H3/p+1. The highest BCUT2D eigenvalue weighted by atomic mass is 35.5. The Hall–Kier alpha value is -2.10. The molecule has 0 bridgehead atoms. The molecule has 124 valence electrons. The van der Waals surface area contributed by atoms with E-state index in [1.807, 2.05) is 37.3 Å². The molecule has 0 saturated heterocycles. The molecule has 1 N–H and O–H groups in total. The highest BCUT2D eigenvalue weighted by Crippen LogP contribution is 2.21. The number of hydrogen-bond acceptors (Lipinski definition) is 2. The summed E-state index contributed by atoms with van der Waals surface area (Å²) in [7, 11) is 2.10. The van der Waals surface area contributed by atoms with Gasteiger partial charge in [0.25, 0.3) is 0 Å². The molecule has 1 aromatic heterocycles. The van der Waals surface area contributed by atoms with Gasteiger partial charge in [0.1, 0.15) is 18.7 Å². The maximum absolute atomic E-state index is 11.9. The van der Waals surface area contributed by atoms with Crippen molar-refractivity contribution in [3.63, 3.8) is 0 Å². The molecule has 0 spiro atoms. The summed E-state index contributed by atoms with van der Waals surface area (Å²) in [6, 6.07) is 13.5. The third-order valence-electron chi connectivity index (χ3n) is 4.39. The summed E-state index contributed by atoms with van der Waals surface area (Å²) in [6.45, 7) is 5.63. The van der Waals surface area contributed by atoms with E-state index in [9.17, 15) is 4.79 Å². The zero-order valence-corrected chi connectivity index (χ0v) is 14.9. The fourth-order valence-corrected chi connectivity index (χ4v) is 3.19. The van der Waals surface area contributed by atoms with E-state index in [0.29, 0.717) is 5.58 Å². The Morgan fingerprint density at radius 1 is 1.00 bits per heavy atom. The molecule has 1 atom stereocenters. The van der Waals surface area contributed by atoms with Gasteiger partial charge in [-0.1, -0.05) is 29.8 Å². The minimum atomic E-state index is -0.300. The molecule has 0 amide bonds. The molecule has 1 heterocycles. The van der Waals surface area contributed by atoms with E-state index >= 15 is 0 Å². The van der Waals surface area contributed by atoms with Gasteiger partial charge in [0, 0.05) is 27.6 Å². The summed E-state index contributed by atoms with van der Waals surface area (Å²) in [5.74, 6) is 0. The predicted molar refractivity (Wildman–Crippen MR) is 97.7 cm³/mol. The number of rotatable bonds is 4. The van der Waals surface area contributed by atoms with Crippen LogP contribution in [0, 0.1) is 13.8 Å². The molecule has 0 saturated carbocycles. The van der Waals surface area contributed by atoms with Crippen LogP contribution in [0.5, 0.6) is 0 Å². The summed E-state index contributed by atoms with van der Waals surface area (Å²) in [5, 5.41) is 1.79. The van der Waals surface area contributed by atoms with Crippen molar-refractivity contribution < 1.29 is 9.32 Å². The van der Waals surface area contributed by atoms with Crippen molar-refractivity contribution in [3.05, 3.63) is 80.2 Å². The molecule has 0 aliphatic carbocycles. The minimum absolute atomic E-state index is 0.300. The second-order valence-corrected chi connectivity index (χ2v) is 6.83. The summed E-state index contributed by atoms with van der Waals surface area (Å²) in [5.41, 5.74) is 4.79. The van der Waals surface area contributed by atoms with Crippen LogP contribution in [0.3, 0.4) is 0 Å². The molecule has 3 aromatic rings. The average Bonchev–Trinajstić information content (AvgIpc) is 2.51. The van der Waals surface area contributed by atoms with E-state index in [1.165, 1.54) is 10.5 Å². The maximum atomic E-state index is 11.9. The predicted octanol–water partition coefficient (Wildman–Crippen LogP) is 3.28. The number of benzene rings is 2. The van der Waals surface area contributed by atoms with Gasteiger partial charge < -0.3 is 9.32 Å². The number of fused-ring (bicyclic) bond motifs is 1. The van der Waals surface area contributed by atoms with E-state index in [2.05, 4.69) is 20.0 Å². The molecule has 0 aliphatic heterocycles. The lowest BCUT2D eigenvalue weighted by molar-refractivity contribution is -0.907. The van der Waals surface area contributed by atoms with E-state index in [4.69, 9.17) is 16.0 Å². The first-order chi connectivity index (χ1) is 11.4. The van der Waals surface area contributed by atoms with Gasteiger partial charge in [-0.3, -0.25) is 0 Å². The van der Waals surface area contributed by atoms with Crippen LogP contribution in [0.4, 0.5) is 0 Å². The van der Waals surface area contributed by atoms with Crippen molar-refractivity contribution in [1.82, 2.24) is 0 Å². The lowest BCUT2D eigenvalue weighted by Gasteiger charge is -2.16. The Kier molecular flexibility index (Phi) is 4.74. The van der Waals surface area contributed by atoms with Gasteiger partial charge >= 0.3 is 5.63 Å². The monoisotopic (exact) mass is 342 g/mol. The Morgan fingerprint density at radius 3 is 2.42 bits per heavy atom. The van der Waals surface area contributed by atoms with Crippen LogP contribution in [0.25, 0.3) is 11.0 Å². The van der Waals surface area contributed by atoms with Crippen LogP contribution >= 0.6 is 11.6 Å². The second-order valence-electron chi connectivity index (χ2n) is 6.43. The molecule has 24 heavy (non-hydrogen) atoms. The fourth-order valence-electron chi connectivity index (χ4n) is 2.98. The van der Waals surface area contributed by atoms with E-state index in [0.717, 1.165) is 40.2 Å². The van der Waals surface area contributed by atoms with Crippen LogP contribution in [0.15, 0.2) is 51.7 Å². The van der Waals surface area contributed by atoms with Gasteiger partial charge in [-0.25, -0.2) is 4.79 Å². The van der Waals surface area contributed by atoms with Gasteiger partial charge in [0.05, 0.1) is 7.05 Å². The average molecular weight is 343 g/mol. The van der Waals surface area contributed by atoms with Crippen LogP contribution < -0.4 is 10.5 Å². The Labute approximate surface area is 146 Å². The van der Waals surface area contributed by atoms with Crippen molar-refractivity contribution in [2.75, 3.05) is 7.05 Å². The Balaban J connectivity index is 1.93. The number of hydrogen-bond donors (Lipinski definition) is 1. The molecule has 0 fully saturated rings. The maximum Gasteiger partial charge on any atom is 0.336 e. The molecule has 3 rings (SSSR count). The third-order valence-corrected chi connectivity index (χ3v) is 4.76. The van der Waals surface area contributed by atoms with Crippen molar-refractivity contribution in [1.29, 1.82) is 0 Å². The van der Waals surface area contributed by atoms with Crippen molar-refractivity contribution in [2.24, 2.45) is 0 Å². The molecule has 3 nitrogen and oxygen atoms in total. The highest BCUT2D eigenvalue weighted by molar-refractivity contribution is 6.31. The first-order valence-corrected chi connectivity index (χ1v) is 8.40.